The van der Waals surface area contributed by atoms with E-state index < -0.39 is 18.5 Å². The summed E-state index contributed by atoms with van der Waals surface area (Å²) in [5.74, 6) is -0.888. The molecule has 0 atom stereocenters. The molecule has 0 saturated heterocycles. The fourth-order valence-corrected chi connectivity index (χ4v) is 5.53. The van der Waals surface area contributed by atoms with Crippen molar-refractivity contribution in [2.24, 2.45) is 11.8 Å². The van der Waals surface area contributed by atoms with Crippen LogP contribution in [-0.2, 0) is 16.8 Å². The number of rotatable bonds is 8. The van der Waals surface area contributed by atoms with Crippen LogP contribution in [-0.4, -0.2) is 34.2 Å². The number of carboxylic acid groups (broad SMARTS) is 1. The molecule has 0 bridgehead atoms. The zero-order valence-electron chi connectivity index (χ0n) is 22.2. The Kier molecular flexibility index (Phi) is 7.95. The Hall–Kier alpha value is -2.90. The molecule has 0 radical (unpaired) electrons. The third kappa shape index (κ3) is 6.33. The van der Waals surface area contributed by atoms with Gasteiger partial charge in [0.25, 0.3) is 5.91 Å². The number of carbonyl (C=O) groups excluding carboxylic acids is 1. The molecule has 2 aliphatic rings. The molecule has 202 valence electrons. The fourth-order valence-electron chi connectivity index (χ4n) is 5.53. The van der Waals surface area contributed by atoms with E-state index in [2.05, 4.69) is 9.88 Å². The molecule has 2 aliphatic carbocycles. The number of benzene rings is 1. The van der Waals surface area contributed by atoms with Crippen molar-refractivity contribution in [3.8, 4) is 17.0 Å². The summed E-state index contributed by atoms with van der Waals surface area (Å²) in [5.41, 5.74) is 3.46. The Balaban J connectivity index is 1.72. The number of carboxylic acids is 1. The number of carbonyl (C=O) groups is 2. The summed E-state index contributed by atoms with van der Waals surface area (Å²) in [6.07, 6.45) is 6.72. The number of aromatic nitrogens is 1. The SMILES string of the molecule is Cc1c(C(=O)NC2CC(C(=O)O)C2)cc(-c2cc(OC(F)F)cc(C(C)(C)C)c2)n1CC1CCCCC1. The summed E-state index contributed by atoms with van der Waals surface area (Å²) in [6.45, 7) is 5.80. The summed E-state index contributed by atoms with van der Waals surface area (Å²) in [5, 5.41) is 12.1. The van der Waals surface area contributed by atoms with Crippen LogP contribution in [0, 0.1) is 18.8 Å². The first-order chi connectivity index (χ1) is 17.4. The molecule has 2 N–H and O–H groups in total. The van der Waals surface area contributed by atoms with Gasteiger partial charge >= 0.3 is 12.6 Å². The smallest absolute Gasteiger partial charge is 0.387 e. The van der Waals surface area contributed by atoms with Crippen molar-refractivity contribution in [2.75, 3.05) is 0 Å². The van der Waals surface area contributed by atoms with Crippen LogP contribution in [0.1, 0.15) is 87.3 Å². The lowest BCUT2D eigenvalue weighted by Gasteiger charge is -2.32. The highest BCUT2D eigenvalue weighted by molar-refractivity contribution is 5.97. The molecule has 8 heteroatoms. The van der Waals surface area contributed by atoms with E-state index in [1.807, 2.05) is 39.8 Å². The standard InChI is InChI=1S/C29H38F2N2O4/c1-17-24(26(34)32-22-11-20(12-22)27(35)36)15-25(33(17)16-18-8-6-5-7-9-18)19-10-21(29(2,3)4)14-23(13-19)37-28(30)31/h10,13-15,18,20,22,28H,5-9,11-12,16H2,1-4H3,(H,32,34)(H,35,36). The van der Waals surface area contributed by atoms with Gasteiger partial charge in [0.15, 0.2) is 0 Å². The van der Waals surface area contributed by atoms with Gasteiger partial charge in [-0.2, -0.15) is 8.78 Å². The highest BCUT2D eigenvalue weighted by atomic mass is 19.3. The lowest BCUT2D eigenvalue weighted by atomic mass is 9.80. The van der Waals surface area contributed by atoms with Gasteiger partial charge in [-0.1, -0.05) is 40.0 Å². The monoisotopic (exact) mass is 516 g/mol. The van der Waals surface area contributed by atoms with Crippen molar-refractivity contribution in [1.29, 1.82) is 0 Å². The molecule has 1 heterocycles. The Morgan fingerprint density at radius 2 is 1.78 bits per heavy atom. The van der Waals surface area contributed by atoms with Crippen LogP contribution in [0.25, 0.3) is 11.3 Å². The predicted molar refractivity (Wildman–Crippen MR) is 138 cm³/mol. The minimum absolute atomic E-state index is 0.0978. The third-order valence-corrected chi connectivity index (χ3v) is 7.89. The predicted octanol–water partition coefficient (Wildman–Crippen LogP) is 6.54. The highest BCUT2D eigenvalue weighted by Gasteiger charge is 2.36. The molecule has 37 heavy (non-hydrogen) atoms. The third-order valence-electron chi connectivity index (χ3n) is 7.89. The van der Waals surface area contributed by atoms with Crippen molar-refractivity contribution in [3.05, 3.63) is 41.1 Å². The normalized spacial score (nSPS) is 20.5. The molecular weight excluding hydrogens is 478 g/mol. The second kappa shape index (κ2) is 10.8. The van der Waals surface area contributed by atoms with Crippen LogP contribution in [0.15, 0.2) is 24.3 Å². The summed E-state index contributed by atoms with van der Waals surface area (Å²) in [7, 11) is 0. The summed E-state index contributed by atoms with van der Waals surface area (Å²) < 4.78 is 33.3. The van der Waals surface area contributed by atoms with E-state index in [0.717, 1.165) is 41.9 Å². The molecule has 1 aromatic heterocycles. The van der Waals surface area contributed by atoms with E-state index in [1.165, 1.54) is 19.3 Å². The van der Waals surface area contributed by atoms with Crippen LogP contribution in [0.2, 0.25) is 0 Å². The highest BCUT2D eigenvalue weighted by Crippen LogP contribution is 2.37. The zero-order chi connectivity index (χ0) is 26.9. The molecule has 6 nitrogen and oxygen atoms in total. The number of halogens is 2. The minimum Gasteiger partial charge on any atom is -0.481 e. The molecule has 2 saturated carbocycles. The Morgan fingerprint density at radius 3 is 2.38 bits per heavy atom. The van der Waals surface area contributed by atoms with E-state index >= 15 is 0 Å². The fraction of sp³-hybridized carbons (Fsp3) is 0.586. The lowest BCUT2D eigenvalue weighted by molar-refractivity contribution is -0.145. The second-order valence-electron chi connectivity index (χ2n) is 11.7. The van der Waals surface area contributed by atoms with Gasteiger partial charge in [0.05, 0.1) is 11.5 Å². The van der Waals surface area contributed by atoms with Gasteiger partial charge < -0.3 is 19.7 Å². The van der Waals surface area contributed by atoms with Crippen LogP contribution >= 0.6 is 0 Å². The van der Waals surface area contributed by atoms with Gasteiger partial charge in [-0.15, -0.1) is 0 Å². The van der Waals surface area contributed by atoms with E-state index in [1.54, 1.807) is 12.1 Å². The summed E-state index contributed by atoms with van der Waals surface area (Å²) in [4.78, 5) is 24.4. The number of aliphatic carboxylic acids is 1. The first-order valence-corrected chi connectivity index (χ1v) is 13.3. The number of ether oxygens (including phenoxy) is 1. The number of hydrogen-bond donors (Lipinski definition) is 2. The average molecular weight is 517 g/mol. The molecule has 2 aromatic rings. The van der Waals surface area contributed by atoms with Crippen molar-refractivity contribution >= 4 is 11.9 Å². The lowest BCUT2D eigenvalue weighted by Crippen LogP contribution is -2.46. The van der Waals surface area contributed by atoms with Gasteiger partial charge in [-0.25, -0.2) is 0 Å². The van der Waals surface area contributed by atoms with E-state index in [9.17, 15) is 18.4 Å². The van der Waals surface area contributed by atoms with Crippen LogP contribution < -0.4 is 10.1 Å². The topological polar surface area (TPSA) is 80.6 Å². The van der Waals surface area contributed by atoms with Crippen LogP contribution in [0.3, 0.4) is 0 Å². The molecule has 0 aliphatic heterocycles. The van der Waals surface area contributed by atoms with E-state index in [-0.39, 0.29) is 23.1 Å². The largest absolute Gasteiger partial charge is 0.481 e. The number of hydrogen-bond acceptors (Lipinski definition) is 3. The second-order valence-corrected chi connectivity index (χ2v) is 11.7. The van der Waals surface area contributed by atoms with E-state index in [4.69, 9.17) is 9.84 Å². The maximum Gasteiger partial charge on any atom is 0.387 e. The van der Waals surface area contributed by atoms with Crippen LogP contribution in [0.4, 0.5) is 8.78 Å². The van der Waals surface area contributed by atoms with Crippen molar-refractivity contribution in [1.82, 2.24) is 9.88 Å². The number of alkyl halides is 2. The van der Waals surface area contributed by atoms with Gasteiger partial charge in [0, 0.05) is 29.5 Å². The molecule has 0 spiro atoms. The van der Waals surface area contributed by atoms with Gasteiger partial charge in [-0.3, -0.25) is 9.59 Å². The Labute approximate surface area is 217 Å². The molecular formula is C29H38F2N2O4. The first-order valence-electron chi connectivity index (χ1n) is 13.3. The molecule has 4 rings (SSSR count). The molecule has 2 fully saturated rings. The maximum atomic E-state index is 13.3. The zero-order valence-corrected chi connectivity index (χ0v) is 22.2. The van der Waals surface area contributed by atoms with Crippen molar-refractivity contribution in [2.45, 2.75) is 97.3 Å². The summed E-state index contributed by atoms with van der Waals surface area (Å²) >= 11 is 0. The van der Waals surface area contributed by atoms with Crippen molar-refractivity contribution in [3.63, 3.8) is 0 Å². The number of amides is 1. The minimum atomic E-state index is -2.93. The van der Waals surface area contributed by atoms with Crippen LogP contribution in [0.5, 0.6) is 5.75 Å². The van der Waals surface area contributed by atoms with Crippen molar-refractivity contribution < 1.29 is 28.2 Å². The maximum absolute atomic E-state index is 13.3. The molecule has 0 unspecified atom stereocenters. The quantitative estimate of drug-likeness (QED) is 0.418. The average Bonchev–Trinajstić information content (AvgIpc) is 3.11. The van der Waals surface area contributed by atoms with Gasteiger partial charge in [0.1, 0.15) is 5.75 Å². The molecule has 1 amide bonds. The van der Waals surface area contributed by atoms with Gasteiger partial charge in [0.2, 0.25) is 0 Å². The summed E-state index contributed by atoms with van der Waals surface area (Å²) in [6, 6.07) is 6.96. The Morgan fingerprint density at radius 1 is 1.11 bits per heavy atom. The van der Waals surface area contributed by atoms with E-state index in [0.29, 0.717) is 24.3 Å². The number of nitrogens with one attached hydrogen (secondary N) is 1. The first kappa shape index (κ1) is 27.1. The van der Waals surface area contributed by atoms with Gasteiger partial charge in [-0.05, 0) is 73.8 Å². The Bertz CT molecular complexity index is 1140. The number of nitrogens with zero attached hydrogens (tertiary/aromatic N) is 1. The molecule has 1 aromatic carbocycles.